The first kappa shape index (κ1) is 13.6. The van der Waals surface area contributed by atoms with Crippen LogP contribution < -0.4 is 10.2 Å². The number of hydrogen-bond acceptors (Lipinski definition) is 2. The van der Waals surface area contributed by atoms with Crippen LogP contribution in [-0.2, 0) is 0 Å². The van der Waals surface area contributed by atoms with E-state index < -0.39 is 0 Å². The molecule has 0 radical (unpaired) electrons. The molecule has 1 saturated carbocycles. The van der Waals surface area contributed by atoms with Crippen LogP contribution in [0.1, 0.15) is 29.6 Å². The molecule has 3 aromatic rings. The van der Waals surface area contributed by atoms with Gasteiger partial charge in [0.05, 0.1) is 5.56 Å². The Balaban J connectivity index is 1.71. The molecule has 3 heteroatoms. The zero-order valence-corrected chi connectivity index (χ0v) is 13.3. The number of nitrogens with one attached hydrogen (secondary N) is 1. The van der Waals surface area contributed by atoms with Gasteiger partial charge >= 0.3 is 0 Å². The summed E-state index contributed by atoms with van der Waals surface area (Å²) in [5.74, 6) is 0.0976. The molecule has 24 heavy (non-hydrogen) atoms. The molecule has 0 aromatic heterocycles. The molecule has 0 atom stereocenters. The van der Waals surface area contributed by atoms with E-state index in [9.17, 15) is 4.79 Å². The van der Waals surface area contributed by atoms with E-state index in [1.54, 1.807) is 0 Å². The van der Waals surface area contributed by atoms with Gasteiger partial charge < -0.3 is 5.32 Å². The fourth-order valence-electron chi connectivity index (χ4n) is 3.94. The van der Waals surface area contributed by atoms with Crippen molar-refractivity contribution in [2.75, 3.05) is 10.2 Å². The van der Waals surface area contributed by atoms with Crippen molar-refractivity contribution < 1.29 is 4.79 Å². The van der Waals surface area contributed by atoms with E-state index in [0.717, 1.165) is 41.6 Å². The molecule has 0 bridgehead atoms. The lowest BCUT2D eigenvalue weighted by atomic mass is 9.80. The number of hydrogen-bond donors (Lipinski definition) is 1. The van der Waals surface area contributed by atoms with E-state index in [0.29, 0.717) is 0 Å². The summed E-state index contributed by atoms with van der Waals surface area (Å²) in [5.41, 5.74) is 2.42. The van der Waals surface area contributed by atoms with Gasteiger partial charge in [0.25, 0.3) is 5.91 Å². The molecule has 1 amide bonds. The monoisotopic (exact) mass is 314 g/mol. The maximum Gasteiger partial charge on any atom is 0.262 e. The molecule has 3 nitrogen and oxygen atoms in total. The van der Waals surface area contributed by atoms with Crippen LogP contribution in [0.3, 0.4) is 0 Å². The van der Waals surface area contributed by atoms with Crippen molar-refractivity contribution in [3.63, 3.8) is 0 Å². The number of anilines is 2. The average molecular weight is 314 g/mol. The largest absolute Gasteiger partial charge is 0.362 e. The Morgan fingerprint density at radius 1 is 0.875 bits per heavy atom. The van der Waals surface area contributed by atoms with Crippen LogP contribution in [0.2, 0.25) is 0 Å². The summed E-state index contributed by atoms with van der Waals surface area (Å²) in [6.07, 6.45) is 3.12. The van der Waals surface area contributed by atoms with Crippen molar-refractivity contribution in [2.45, 2.75) is 24.9 Å². The number of carbonyl (C=O) groups is 1. The first-order valence-electron chi connectivity index (χ1n) is 8.47. The SMILES string of the molecule is O=C1c2cc3ccccc3cc2NC2(CCC2)N1c1ccccc1. The predicted molar refractivity (Wildman–Crippen MR) is 97.4 cm³/mol. The van der Waals surface area contributed by atoms with Gasteiger partial charge in [-0.3, -0.25) is 9.69 Å². The van der Waals surface area contributed by atoms with E-state index in [1.807, 2.05) is 53.4 Å². The first-order chi connectivity index (χ1) is 11.8. The fourth-order valence-corrected chi connectivity index (χ4v) is 3.94. The molecule has 1 spiro atoms. The third-order valence-corrected chi connectivity index (χ3v) is 5.31. The number of rotatable bonds is 1. The molecular weight excluding hydrogens is 296 g/mol. The second kappa shape index (κ2) is 4.84. The lowest BCUT2D eigenvalue weighted by molar-refractivity contribution is 0.0920. The molecule has 1 fully saturated rings. The molecule has 2 aliphatic rings. The summed E-state index contributed by atoms with van der Waals surface area (Å²) >= 11 is 0. The minimum atomic E-state index is -0.270. The second-order valence-electron chi connectivity index (χ2n) is 6.73. The van der Waals surface area contributed by atoms with E-state index >= 15 is 0 Å². The highest BCUT2D eigenvalue weighted by molar-refractivity contribution is 6.15. The van der Waals surface area contributed by atoms with Gasteiger partial charge in [-0.2, -0.15) is 0 Å². The van der Waals surface area contributed by atoms with Crippen molar-refractivity contribution >= 4 is 28.1 Å². The number of benzene rings is 3. The van der Waals surface area contributed by atoms with Gasteiger partial charge in [-0.15, -0.1) is 0 Å². The van der Waals surface area contributed by atoms with Crippen LogP contribution in [0.15, 0.2) is 66.7 Å². The van der Waals surface area contributed by atoms with Crippen molar-refractivity contribution in [1.29, 1.82) is 0 Å². The Bertz CT molecular complexity index is 944. The minimum absolute atomic E-state index is 0.0976. The molecule has 1 heterocycles. The highest BCUT2D eigenvalue weighted by atomic mass is 16.2. The van der Waals surface area contributed by atoms with Crippen molar-refractivity contribution in [2.24, 2.45) is 0 Å². The number of carbonyl (C=O) groups excluding carboxylic acids is 1. The summed E-state index contributed by atoms with van der Waals surface area (Å²) in [4.78, 5) is 15.3. The van der Waals surface area contributed by atoms with Crippen molar-refractivity contribution in [1.82, 2.24) is 0 Å². The highest BCUT2D eigenvalue weighted by Gasteiger charge is 2.49. The van der Waals surface area contributed by atoms with Crippen LogP contribution in [0, 0.1) is 0 Å². The molecule has 0 unspecified atom stereocenters. The van der Waals surface area contributed by atoms with E-state index in [4.69, 9.17) is 0 Å². The smallest absolute Gasteiger partial charge is 0.262 e. The van der Waals surface area contributed by atoms with Crippen LogP contribution in [-0.4, -0.2) is 11.6 Å². The molecule has 1 N–H and O–H groups in total. The van der Waals surface area contributed by atoms with Gasteiger partial charge in [0.2, 0.25) is 0 Å². The van der Waals surface area contributed by atoms with Crippen LogP contribution in [0.25, 0.3) is 10.8 Å². The van der Waals surface area contributed by atoms with E-state index in [1.165, 1.54) is 5.39 Å². The summed E-state index contributed by atoms with van der Waals surface area (Å²) in [7, 11) is 0. The average Bonchev–Trinajstić information content (AvgIpc) is 2.59. The van der Waals surface area contributed by atoms with Gasteiger partial charge in [0, 0.05) is 11.4 Å². The molecule has 1 aliphatic heterocycles. The predicted octanol–water partition coefficient (Wildman–Crippen LogP) is 4.79. The lowest BCUT2D eigenvalue weighted by Gasteiger charge is -2.53. The van der Waals surface area contributed by atoms with Gasteiger partial charge in [-0.25, -0.2) is 0 Å². The van der Waals surface area contributed by atoms with Crippen molar-refractivity contribution in [3.05, 3.63) is 72.3 Å². The lowest BCUT2D eigenvalue weighted by Crippen LogP contribution is -2.64. The Hall–Kier alpha value is -2.81. The maximum atomic E-state index is 13.4. The van der Waals surface area contributed by atoms with Gasteiger partial charge in [-0.05, 0) is 54.3 Å². The highest BCUT2D eigenvalue weighted by Crippen LogP contribution is 2.46. The molecular formula is C21H18N2O. The Kier molecular flexibility index (Phi) is 2.75. The van der Waals surface area contributed by atoms with Crippen LogP contribution in [0.5, 0.6) is 0 Å². The van der Waals surface area contributed by atoms with E-state index in [-0.39, 0.29) is 11.6 Å². The quantitative estimate of drug-likeness (QED) is 0.700. The molecule has 5 rings (SSSR count). The summed E-state index contributed by atoms with van der Waals surface area (Å²) in [6.45, 7) is 0. The Labute approximate surface area is 140 Å². The Morgan fingerprint density at radius 2 is 1.54 bits per heavy atom. The molecule has 118 valence electrons. The molecule has 3 aromatic carbocycles. The van der Waals surface area contributed by atoms with Gasteiger partial charge in [0.1, 0.15) is 5.66 Å². The van der Waals surface area contributed by atoms with Crippen molar-refractivity contribution in [3.8, 4) is 0 Å². The second-order valence-corrected chi connectivity index (χ2v) is 6.73. The Morgan fingerprint density at radius 3 is 2.21 bits per heavy atom. The van der Waals surface area contributed by atoms with E-state index in [2.05, 4.69) is 23.5 Å². The third-order valence-electron chi connectivity index (χ3n) is 5.31. The topological polar surface area (TPSA) is 32.3 Å². The third kappa shape index (κ3) is 1.81. The summed E-state index contributed by atoms with van der Waals surface area (Å²) in [5, 5.41) is 5.95. The number of fused-ring (bicyclic) bond motifs is 2. The number of nitrogens with zero attached hydrogens (tertiary/aromatic N) is 1. The normalized spacial score (nSPS) is 18.2. The van der Waals surface area contributed by atoms with Gasteiger partial charge in [0.15, 0.2) is 0 Å². The van der Waals surface area contributed by atoms with Crippen LogP contribution >= 0.6 is 0 Å². The number of para-hydroxylation sites is 1. The number of amides is 1. The zero-order valence-electron chi connectivity index (χ0n) is 13.3. The minimum Gasteiger partial charge on any atom is -0.362 e. The molecule has 1 aliphatic carbocycles. The summed E-state index contributed by atoms with van der Waals surface area (Å²) in [6, 6.07) is 22.3. The summed E-state index contributed by atoms with van der Waals surface area (Å²) < 4.78 is 0. The van der Waals surface area contributed by atoms with Gasteiger partial charge in [-0.1, -0.05) is 42.5 Å². The van der Waals surface area contributed by atoms with Crippen LogP contribution in [0.4, 0.5) is 11.4 Å². The fraction of sp³-hybridized carbons (Fsp3) is 0.190. The first-order valence-corrected chi connectivity index (χ1v) is 8.47. The standard InChI is InChI=1S/C21H18N2O/c24-20-18-13-15-7-4-5-8-16(15)14-19(18)22-21(11-6-12-21)23(20)17-9-2-1-3-10-17/h1-5,7-10,13-14,22H,6,11-12H2. The molecule has 0 saturated heterocycles. The zero-order chi connectivity index (χ0) is 16.1. The maximum absolute atomic E-state index is 13.4.